The number of aromatic nitrogens is 4. The number of aromatic carboxylic acids is 1. The molecule has 38 heavy (non-hydrogen) atoms. The zero-order valence-corrected chi connectivity index (χ0v) is 21.6. The van der Waals surface area contributed by atoms with Gasteiger partial charge in [-0.2, -0.15) is 17.5 Å². The van der Waals surface area contributed by atoms with E-state index in [1.54, 1.807) is 36.4 Å². The molecule has 1 N–H and O–H groups in total. The van der Waals surface area contributed by atoms with Crippen LogP contribution in [0.25, 0.3) is 26.9 Å². The van der Waals surface area contributed by atoms with Crippen LogP contribution >= 0.6 is 34.7 Å². The van der Waals surface area contributed by atoms with Crippen LogP contribution in [0.5, 0.6) is 5.75 Å². The molecule has 0 aliphatic heterocycles. The van der Waals surface area contributed by atoms with E-state index >= 15 is 0 Å². The maximum absolute atomic E-state index is 13.7. The normalized spacial score (nSPS) is 11.7. The van der Waals surface area contributed by atoms with Gasteiger partial charge in [0.2, 0.25) is 0 Å². The van der Waals surface area contributed by atoms with Crippen molar-refractivity contribution < 1.29 is 27.8 Å². The molecule has 0 spiro atoms. The van der Waals surface area contributed by atoms with Crippen molar-refractivity contribution in [2.75, 3.05) is 0 Å². The van der Waals surface area contributed by atoms with Crippen LogP contribution in [0.1, 0.15) is 27.4 Å². The minimum absolute atomic E-state index is 0.00190. The standard InChI is InChI=1S/C25H15Cl2F3N4O3S/c1-12-9-14(6-8-15(12)13-5-7-16-20(10-13)38-32-21(16)24(35)36)37-11-19-23(25(28,29)30)31-33-34(19)22-17(26)3-2-4-18(22)27/h2-10H,11H2,1H3,(H,35,36). The summed E-state index contributed by atoms with van der Waals surface area (Å²) in [5, 5.41) is 17.0. The molecule has 5 rings (SSSR count). The predicted molar refractivity (Wildman–Crippen MR) is 137 cm³/mol. The number of aryl methyl sites for hydroxylation is 1. The van der Waals surface area contributed by atoms with Crippen molar-refractivity contribution in [3.63, 3.8) is 0 Å². The molecule has 0 atom stereocenters. The maximum atomic E-state index is 13.7. The summed E-state index contributed by atoms with van der Waals surface area (Å²) in [7, 11) is 0. The quantitative estimate of drug-likeness (QED) is 0.225. The molecule has 0 aliphatic carbocycles. The van der Waals surface area contributed by atoms with Crippen LogP contribution in [0.3, 0.4) is 0 Å². The van der Waals surface area contributed by atoms with Crippen LogP contribution in [-0.2, 0) is 12.8 Å². The molecule has 0 amide bonds. The number of alkyl halides is 3. The molecule has 3 aromatic carbocycles. The van der Waals surface area contributed by atoms with Crippen molar-refractivity contribution in [1.82, 2.24) is 19.4 Å². The summed E-state index contributed by atoms with van der Waals surface area (Å²) in [6, 6.07) is 15.0. The average molecular weight is 579 g/mol. The smallest absolute Gasteiger partial charge is 0.437 e. The molecule has 194 valence electrons. The molecule has 5 aromatic rings. The molecule has 0 aliphatic rings. The summed E-state index contributed by atoms with van der Waals surface area (Å²) >= 11 is 13.5. The molecule has 0 bridgehead atoms. The van der Waals surface area contributed by atoms with Gasteiger partial charge in [-0.1, -0.05) is 52.7 Å². The Hall–Kier alpha value is -3.67. The first-order valence-corrected chi connectivity index (χ1v) is 12.4. The van der Waals surface area contributed by atoms with Gasteiger partial charge < -0.3 is 9.84 Å². The van der Waals surface area contributed by atoms with E-state index in [1.165, 1.54) is 12.1 Å². The highest BCUT2D eigenvalue weighted by atomic mass is 35.5. The monoisotopic (exact) mass is 578 g/mol. The first-order valence-electron chi connectivity index (χ1n) is 10.9. The molecule has 2 aromatic heterocycles. The summed E-state index contributed by atoms with van der Waals surface area (Å²) in [6.07, 6.45) is -4.78. The van der Waals surface area contributed by atoms with Crippen LogP contribution in [0.15, 0.2) is 54.6 Å². The lowest BCUT2D eigenvalue weighted by molar-refractivity contribution is -0.142. The van der Waals surface area contributed by atoms with Crippen molar-refractivity contribution in [3.05, 3.63) is 87.3 Å². The second-order valence-corrected chi connectivity index (χ2v) is 9.80. The molecular formula is C25H15Cl2F3N4O3S. The van der Waals surface area contributed by atoms with Crippen molar-refractivity contribution in [2.45, 2.75) is 19.7 Å². The number of rotatable bonds is 6. The Morgan fingerprint density at radius 2 is 1.84 bits per heavy atom. The van der Waals surface area contributed by atoms with Gasteiger partial charge in [0.25, 0.3) is 0 Å². The number of nitrogens with zero attached hydrogens (tertiary/aromatic N) is 4. The third-order valence-electron chi connectivity index (χ3n) is 5.74. The number of halogens is 5. The van der Waals surface area contributed by atoms with Gasteiger partial charge in [0.05, 0.1) is 14.7 Å². The van der Waals surface area contributed by atoms with E-state index in [4.69, 9.17) is 27.9 Å². The third-order valence-corrected chi connectivity index (χ3v) is 7.16. The van der Waals surface area contributed by atoms with Gasteiger partial charge in [-0.15, -0.1) is 5.10 Å². The van der Waals surface area contributed by atoms with Gasteiger partial charge in [-0.05, 0) is 65.5 Å². The minimum Gasteiger partial charge on any atom is -0.487 e. The van der Waals surface area contributed by atoms with E-state index in [2.05, 4.69) is 14.7 Å². The number of para-hydroxylation sites is 1. The zero-order valence-electron chi connectivity index (χ0n) is 19.3. The summed E-state index contributed by atoms with van der Waals surface area (Å²) in [4.78, 5) is 11.3. The highest BCUT2D eigenvalue weighted by Gasteiger charge is 2.39. The molecule has 0 saturated heterocycles. The number of carboxylic acid groups (broad SMARTS) is 1. The highest BCUT2D eigenvalue weighted by Crippen LogP contribution is 2.36. The Balaban J connectivity index is 1.45. The lowest BCUT2D eigenvalue weighted by Crippen LogP contribution is -2.14. The Morgan fingerprint density at radius 3 is 2.50 bits per heavy atom. The van der Waals surface area contributed by atoms with Gasteiger partial charge in [0.1, 0.15) is 23.7 Å². The molecule has 2 heterocycles. The lowest BCUT2D eigenvalue weighted by Gasteiger charge is -2.14. The molecule has 0 saturated carbocycles. The number of carboxylic acids is 1. The van der Waals surface area contributed by atoms with Gasteiger partial charge in [0, 0.05) is 5.39 Å². The van der Waals surface area contributed by atoms with Crippen LogP contribution < -0.4 is 4.74 Å². The molecule has 13 heteroatoms. The third kappa shape index (κ3) is 4.80. The number of ether oxygens (including phenoxy) is 1. The number of hydrogen-bond acceptors (Lipinski definition) is 6. The van der Waals surface area contributed by atoms with Gasteiger partial charge in [-0.25, -0.2) is 9.48 Å². The van der Waals surface area contributed by atoms with Gasteiger partial charge in [0.15, 0.2) is 11.4 Å². The predicted octanol–water partition coefficient (Wildman–Crippen LogP) is 7.46. The van der Waals surface area contributed by atoms with Crippen molar-refractivity contribution >= 4 is 50.8 Å². The van der Waals surface area contributed by atoms with E-state index in [-0.39, 0.29) is 27.1 Å². The number of hydrogen-bond donors (Lipinski definition) is 1. The number of carbonyl (C=O) groups is 1. The Kier molecular flexibility index (Phi) is 6.76. The number of fused-ring (bicyclic) bond motifs is 1. The summed E-state index contributed by atoms with van der Waals surface area (Å²) in [6.45, 7) is 1.32. The Labute approximate surface area is 227 Å². The fraction of sp³-hybridized carbons (Fsp3) is 0.120. The van der Waals surface area contributed by atoms with E-state index < -0.39 is 24.4 Å². The lowest BCUT2D eigenvalue weighted by atomic mass is 9.99. The maximum Gasteiger partial charge on any atom is 0.437 e. The SMILES string of the molecule is Cc1cc(OCc2c(C(F)(F)F)nnn2-c2c(Cl)cccc2Cl)ccc1-c1ccc2c(C(=O)O)nsc2c1. The molecular weight excluding hydrogens is 564 g/mol. The van der Waals surface area contributed by atoms with Crippen molar-refractivity contribution in [3.8, 4) is 22.6 Å². The minimum atomic E-state index is -4.78. The molecule has 0 radical (unpaired) electrons. The van der Waals surface area contributed by atoms with Gasteiger partial charge >= 0.3 is 12.1 Å². The van der Waals surface area contributed by atoms with Crippen LogP contribution in [0, 0.1) is 6.92 Å². The average Bonchev–Trinajstić information content (AvgIpc) is 3.47. The largest absolute Gasteiger partial charge is 0.487 e. The van der Waals surface area contributed by atoms with Crippen molar-refractivity contribution in [1.29, 1.82) is 0 Å². The fourth-order valence-corrected chi connectivity index (χ4v) is 5.35. The summed E-state index contributed by atoms with van der Waals surface area (Å²) < 4.78 is 52.5. The van der Waals surface area contributed by atoms with E-state index in [1.807, 2.05) is 13.0 Å². The molecule has 0 unspecified atom stereocenters. The van der Waals surface area contributed by atoms with Crippen molar-refractivity contribution in [2.24, 2.45) is 0 Å². The van der Waals surface area contributed by atoms with E-state index in [9.17, 15) is 23.1 Å². The topological polar surface area (TPSA) is 90.1 Å². The van der Waals surface area contributed by atoms with Crippen LogP contribution in [0.4, 0.5) is 13.2 Å². The first-order chi connectivity index (χ1) is 18.0. The second kappa shape index (κ2) is 9.90. The Morgan fingerprint density at radius 1 is 1.11 bits per heavy atom. The van der Waals surface area contributed by atoms with Crippen LogP contribution in [0.2, 0.25) is 10.0 Å². The van der Waals surface area contributed by atoms with E-state index in [0.717, 1.165) is 37.6 Å². The Bertz CT molecular complexity index is 1680. The zero-order chi connectivity index (χ0) is 27.2. The highest BCUT2D eigenvalue weighted by molar-refractivity contribution is 7.13. The van der Waals surface area contributed by atoms with Gasteiger partial charge in [-0.3, -0.25) is 0 Å². The second-order valence-electron chi connectivity index (χ2n) is 8.18. The fourth-order valence-electron chi connectivity index (χ4n) is 3.98. The number of benzene rings is 3. The van der Waals surface area contributed by atoms with E-state index in [0.29, 0.717) is 11.1 Å². The van der Waals surface area contributed by atoms with Crippen LogP contribution in [-0.4, -0.2) is 30.4 Å². The summed E-state index contributed by atoms with van der Waals surface area (Å²) in [5.41, 5.74) is 0.962. The first kappa shape index (κ1) is 26.0. The molecule has 7 nitrogen and oxygen atoms in total. The summed E-state index contributed by atoms with van der Waals surface area (Å²) in [5.74, 6) is -0.770. The molecule has 0 fully saturated rings.